The van der Waals surface area contributed by atoms with Gasteiger partial charge in [0.1, 0.15) is 0 Å². The highest BCUT2D eigenvalue weighted by atomic mass is 35.5. The second-order valence-electron chi connectivity index (χ2n) is 6.04. The summed E-state index contributed by atoms with van der Waals surface area (Å²) >= 11 is 5.91. The zero-order chi connectivity index (χ0) is 18.8. The highest BCUT2D eigenvalue weighted by Gasteiger charge is 2.20. The number of carbonyl (C=O) groups is 1. The van der Waals surface area contributed by atoms with E-state index in [0.29, 0.717) is 12.1 Å². The molecule has 0 fully saturated rings. The minimum atomic E-state index is -3.23. The Morgan fingerprint density at radius 1 is 1.32 bits per heavy atom. The van der Waals surface area contributed by atoms with Gasteiger partial charge in [-0.2, -0.15) is 0 Å². The number of hydrogen-bond donors (Lipinski definition) is 0. The lowest BCUT2D eigenvalue weighted by Gasteiger charge is -2.25. The molecule has 0 aliphatic carbocycles. The van der Waals surface area contributed by atoms with Gasteiger partial charge in [-0.3, -0.25) is 4.79 Å². The van der Waals surface area contributed by atoms with Gasteiger partial charge in [0.25, 0.3) is 0 Å². The topological polar surface area (TPSA) is 80.5 Å². The summed E-state index contributed by atoms with van der Waals surface area (Å²) in [7, 11) is -1.51. The Hall–Kier alpha value is -1.86. The minimum Gasteiger partial charge on any atom is -0.344 e. The second kappa shape index (κ2) is 7.58. The van der Waals surface area contributed by atoms with Gasteiger partial charge in [-0.1, -0.05) is 17.3 Å². The first-order valence-electron chi connectivity index (χ1n) is 7.77. The van der Waals surface area contributed by atoms with Crippen LogP contribution in [0.15, 0.2) is 33.7 Å². The molecule has 6 nitrogen and oxygen atoms in total. The number of benzene rings is 1. The number of nitrogens with zero attached hydrogens (tertiary/aromatic N) is 2. The van der Waals surface area contributed by atoms with E-state index >= 15 is 0 Å². The quantitative estimate of drug-likeness (QED) is 0.764. The van der Waals surface area contributed by atoms with E-state index in [0.717, 1.165) is 11.1 Å². The summed E-state index contributed by atoms with van der Waals surface area (Å²) in [5, 5.41) is 3.99. The van der Waals surface area contributed by atoms with Gasteiger partial charge < -0.3 is 9.42 Å². The van der Waals surface area contributed by atoms with Gasteiger partial charge >= 0.3 is 0 Å². The van der Waals surface area contributed by atoms with Crippen LogP contribution in [-0.2, 0) is 21.1 Å². The molecule has 1 unspecified atom stereocenters. The van der Waals surface area contributed by atoms with Gasteiger partial charge in [0.2, 0.25) is 11.1 Å². The van der Waals surface area contributed by atoms with E-state index in [2.05, 4.69) is 5.16 Å². The molecular formula is C17H21ClN2O4S. The predicted octanol–water partition coefficient (Wildman–Crippen LogP) is 3.19. The Labute approximate surface area is 152 Å². The lowest BCUT2D eigenvalue weighted by molar-refractivity contribution is -0.131. The molecule has 0 aliphatic heterocycles. The molecule has 136 valence electrons. The number of aromatic nitrogens is 1. The van der Waals surface area contributed by atoms with Crippen LogP contribution in [0, 0.1) is 6.92 Å². The molecule has 1 atom stereocenters. The van der Waals surface area contributed by atoms with Gasteiger partial charge in [-0.15, -0.1) is 0 Å². The van der Waals surface area contributed by atoms with Crippen LogP contribution < -0.4 is 0 Å². The molecule has 25 heavy (non-hydrogen) atoms. The first-order valence-corrected chi connectivity index (χ1v) is 10.0. The average molecular weight is 385 g/mol. The molecule has 0 saturated heterocycles. The molecule has 0 spiro atoms. The third-order valence-corrected chi connectivity index (χ3v) is 5.72. The summed E-state index contributed by atoms with van der Waals surface area (Å²) in [6, 6.07) is 6.39. The number of aryl methyl sites for hydroxylation is 1. The Bertz CT molecular complexity index is 840. The van der Waals surface area contributed by atoms with Crippen molar-refractivity contribution in [2.45, 2.75) is 37.6 Å². The van der Waals surface area contributed by atoms with E-state index < -0.39 is 9.84 Å². The molecule has 0 bridgehead atoms. The number of carbonyl (C=O) groups excluding carboxylic acids is 1. The van der Waals surface area contributed by atoms with Gasteiger partial charge in [0.05, 0.1) is 16.6 Å². The third-order valence-electron chi connectivity index (χ3n) is 4.29. The maximum atomic E-state index is 12.4. The highest BCUT2D eigenvalue weighted by Crippen LogP contribution is 2.24. The summed E-state index contributed by atoms with van der Waals surface area (Å²) in [5.41, 5.74) is 2.29. The van der Waals surface area contributed by atoms with E-state index in [1.54, 1.807) is 43.1 Å². The lowest BCUT2D eigenvalue weighted by Crippen LogP contribution is -2.29. The molecule has 8 heteroatoms. The van der Waals surface area contributed by atoms with Crippen LogP contribution in [0.2, 0.25) is 5.22 Å². The molecule has 0 aliphatic rings. The predicted molar refractivity (Wildman–Crippen MR) is 95.3 cm³/mol. The van der Waals surface area contributed by atoms with E-state index in [-0.39, 0.29) is 28.5 Å². The smallest absolute Gasteiger partial charge is 0.229 e. The maximum absolute atomic E-state index is 12.4. The van der Waals surface area contributed by atoms with Crippen molar-refractivity contribution in [2.75, 3.05) is 13.3 Å². The summed E-state index contributed by atoms with van der Waals surface area (Å²) < 4.78 is 27.9. The lowest BCUT2D eigenvalue weighted by atomic mass is 10.1. The third kappa shape index (κ3) is 4.61. The molecule has 0 saturated carbocycles. The summed E-state index contributed by atoms with van der Waals surface area (Å²) in [6.07, 6.45) is 1.90. The van der Waals surface area contributed by atoms with Crippen molar-refractivity contribution in [3.05, 3.63) is 46.3 Å². The number of hydrogen-bond acceptors (Lipinski definition) is 5. The van der Waals surface area contributed by atoms with Crippen molar-refractivity contribution in [3.8, 4) is 0 Å². The van der Waals surface area contributed by atoms with Crippen LogP contribution in [0.25, 0.3) is 0 Å². The number of sulfone groups is 1. The summed E-state index contributed by atoms with van der Waals surface area (Å²) in [4.78, 5) is 14.3. The molecule has 1 aromatic heterocycles. The maximum Gasteiger partial charge on any atom is 0.229 e. The fourth-order valence-corrected chi connectivity index (χ4v) is 3.38. The Balaban J connectivity index is 2.03. The summed E-state index contributed by atoms with van der Waals surface area (Å²) in [6.45, 7) is 3.68. The fourth-order valence-electron chi connectivity index (χ4n) is 2.48. The van der Waals surface area contributed by atoms with Crippen molar-refractivity contribution in [3.63, 3.8) is 0 Å². The summed E-state index contributed by atoms with van der Waals surface area (Å²) in [5.74, 6) is -0.0450. The highest BCUT2D eigenvalue weighted by molar-refractivity contribution is 7.90. The van der Waals surface area contributed by atoms with Crippen LogP contribution in [0.1, 0.15) is 36.2 Å². The van der Waals surface area contributed by atoms with Crippen molar-refractivity contribution < 1.29 is 17.7 Å². The largest absolute Gasteiger partial charge is 0.344 e. The monoisotopic (exact) mass is 384 g/mol. The van der Waals surface area contributed by atoms with Crippen LogP contribution >= 0.6 is 11.6 Å². The SMILES string of the molecule is Cc1noc(Cl)c1CCC(=O)N(C)C(C)c1ccc(S(C)(=O)=O)cc1. The number of amides is 1. The van der Waals surface area contributed by atoms with Crippen molar-refractivity contribution in [1.29, 1.82) is 0 Å². The van der Waals surface area contributed by atoms with Crippen LogP contribution in [0.3, 0.4) is 0 Å². The number of rotatable bonds is 6. The van der Waals surface area contributed by atoms with Crippen LogP contribution in [-0.4, -0.2) is 37.7 Å². The molecule has 2 aromatic rings. The molecule has 2 rings (SSSR count). The van der Waals surface area contributed by atoms with Crippen LogP contribution in [0.4, 0.5) is 0 Å². The van der Waals surface area contributed by atoms with Gasteiger partial charge in [0.15, 0.2) is 9.84 Å². The van der Waals surface area contributed by atoms with Crippen molar-refractivity contribution in [1.82, 2.24) is 10.1 Å². The first-order chi connectivity index (χ1) is 11.6. The molecule has 0 N–H and O–H groups in total. The zero-order valence-electron chi connectivity index (χ0n) is 14.6. The zero-order valence-corrected chi connectivity index (χ0v) is 16.2. The van der Waals surface area contributed by atoms with Gasteiger partial charge in [-0.25, -0.2) is 8.42 Å². The number of halogens is 1. The molecule has 1 heterocycles. The van der Waals surface area contributed by atoms with E-state index in [4.69, 9.17) is 16.1 Å². The fraction of sp³-hybridized carbons (Fsp3) is 0.412. The normalized spacial score (nSPS) is 12.8. The average Bonchev–Trinajstić information content (AvgIpc) is 2.89. The minimum absolute atomic E-state index is 0.0450. The Morgan fingerprint density at radius 3 is 2.40 bits per heavy atom. The second-order valence-corrected chi connectivity index (χ2v) is 8.40. The molecule has 1 aromatic carbocycles. The molecular weight excluding hydrogens is 364 g/mol. The van der Waals surface area contributed by atoms with Crippen LogP contribution in [0.5, 0.6) is 0 Å². The van der Waals surface area contributed by atoms with Crippen molar-refractivity contribution >= 4 is 27.3 Å². The Kier molecular flexibility index (Phi) is 5.90. The van der Waals surface area contributed by atoms with Crippen molar-refractivity contribution in [2.24, 2.45) is 0 Å². The molecule has 0 radical (unpaired) electrons. The van der Waals surface area contributed by atoms with Gasteiger partial charge in [-0.05, 0) is 49.6 Å². The van der Waals surface area contributed by atoms with Gasteiger partial charge in [0, 0.05) is 25.3 Å². The standard InChI is InChI=1S/C17H21ClN2O4S/c1-11-15(17(18)24-19-11)9-10-16(21)20(3)12(2)13-5-7-14(8-6-13)25(4,22)23/h5-8,12H,9-10H2,1-4H3. The van der Waals surface area contributed by atoms with E-state index in [1.807, 2.05) is 6.92 Å². The van der Waals surface area contributed by atoms with E-state index in [9.17, 15) is 13.2 Å². The first kappa shape index (κ1) is 19.5. The Morgan fingerprint density at radius 2 is 1.92 bits per heavy atom. The molecule has 1 amide bonds. The van der Waals surface area contributed by atoms with E-state index in [1.165, 1.54) is 6.26 Å².